The zero-order valence-electron chi connectivity index (χ0n) is 6.33. The third kappa shape index (κ3) is 7.37. The molecule has 1 aromatic rings. The van der Waals surface area contributed by atoms with E-state index in [-0.39, 0.29) is 5.78 Å². The fourth-order valence-electron chi connectivity index (χ4n) is 0.227. The van der Waals surface area contributed by atoms with E-state index in [0.717, 1.165) is 0 Å². The van der Waals surface area contributed by atoms with Gasteiger partial charge in [0.15, 0.2) is 0 Å². The smallest absolute Gasteiger partial charge is 0.129 e. The molecule has 1 heterocycles. The summed E-state index contributed by atoms with van der Waals surface area (Å²) in [6.45, 7) is 3.43. The summed E-state index contributed by atoms with van der Waals surface area (Å²) in [5.74, 6) is 0.255. The molecule has 0 aliphatic carbocycles. The van der Waals surface area contributed by atoms with Crippen molar-refractivity contribution in [3.63, 3.8) is 0 Å². The zero-order valence-corrected chi connectivity index (χ0v) is 7.15. The van der Waals surface area contributed by atoms with E-state index in [0.29, 0.717) is 6.42 Å². The molecule has 0 radical (unpaired) electrons. The second-order valence-electron chi connectivity index (χ2n) is 1.85. The first-order valence-corrected chi connectivity index (χ1v) is 4.18. The Morgan fingerprint density at radius 1 is 1.40 bits per heavy atom. The molecule has 1 aromatic heterocycles. The predicted molar refractivity (Wildman–Crippen MR) is 45.3 cm³/mol. The van der Waals surface area contributed by atoms with E-state index in [4.69, 9.17) is 0 Å². The summed E-state index contributed by atoms with van der Waals surface area (Å²) in [5.41, 5.74) is 0. The normalized spacial score (nSPS) is 7.80. The minimum absolute atomic E-state index is 0.255. The Balaban J connectivity index is 0.000000162. The molecular formula is C8H12OS. The van der Waals surface area contributed by atoms with Crippen molar-refractivity contribution < 1.29 is 4.79 Å². The van der Waals surface area contributed by atoms with Gasteiger partial charge in [0.1, 0.15) is 5.78 Å². The van der Waals surface area contributed by atoms with Crippen LogP contribution in [0.3, 0.4) is 0 Å². The van der Waals surface area contributed by atoms with Crippen LogP contribution in [0.25, 0.3) is 0 Å². The molecule has 0 N–H and O–H groups in total. The van der Waals surface area contributed by atoms with Crippen molar-refractivity contribution in [1.82, 2.24) is 0 Å². The number of Topliss-reactive ketones (excluding diaryl/α,β-unsaturated/α-hetero) is 1. The van der Waals surface area contributed by atoms with Gasteiger partial charge in [-0.1, -0.05) is 19.1 Å². The topological polar surface area (TPSA) is 17.1 Å². The zero-order chi connectivity index (χ0) is 7.82. The molecule has 0 aliphatic heterocycles. The first kappa shape index (κ1) is 9.37. The molecule has 0 aromatic carbocycles. The second kappa shape index (κ2) is 6.49. The van der Waals surface area contributed by atoms with Crippen LogP contribution in [0, 0.1) is 0 Å². The van der Waals surface area contributed by atoms with E-state index >= 15 is 0 Å². The fraction of sp³-hybridized carbons (Fsp3) is 0.375. The lowest BCUT2D eigenvalue weighted by Gasteiger charge is -1.71. The largest absolute Gasteiger partial charge is 0.300 e. The fourth-order valence-corrected chi connectivity index (χ4v) is 0.680. The molecule has 0 spiro atoms. The van der Waals surface area contributed by atoms with Gasteiger partial charge >= 0.3 is 0 Å². The van der Waals surface area contributed by atoms with Crippen molar-refractivity contribution in [1.29, 1.82) is 0 Å². The number of ketones is 1. The highest BCUT2D eigenvalue weighted by atomic mass is 32.1. The summed E-state index contributed by atoms with van der Waals surface area (Å²) in [6, 6.07) is 4.04. The highest BCUT2D eigenvalue weighted by molar-refractivity contribution is 7.07. The van der Waals surface area contributed by atoms with Gasteiger partial charge in [-0.2, -0.15) is 11.3 Å². The van der Waals surface area contributed by atoms with Gasteiger partial charge in [-0.3, -0.25) is 0 Å². The summed E-state index contributed by atoms with van der Waals surface area (Å²) < 4.78 is 0. The molecule has 1 nitrogen and oxygen atoms in total. The van der Waals surface area contributed by atoms with Crippen molar-refractivity contribution in [3.8, 4) is 0 Å². The van der Waals surface area contributed by atoms with Gasteiger partial charge in [0.2, 0.25) is 0 Å². The van der Waals surface area contributed by atoms with Gasteiger partial charge in [-0.15, -0.1) is 0 Å². The van der Waals surface area contributed by atoms with Crippen LogP contribution in [-0.2, 0) is 4.79 Å². The average Bonchev–Trinajstić information content (AvgIpc) is 2.43. The van der Waals surface area contributed by atoms with Gasteiger partial charge in [0.05, 0.1) is 0 Å². The van der Waals surface area contributed by atoms with Crippen molar-refractivity contribution in [2.75, 3.05) is 0 Å². The van der Waals surface area contributed by atoms with Crippen molar-refractivity contribution >= 4 is 17.1 Å². The molecule has 0 unspecified atom stereocenters. The number of rotatable bonds is 1. The first-order chi connectivity index (χ1) is 4.77. The summed E-state index contributed by atoms with van der Waals surface area (Å²) in [6.07, 6.45) is 0.667. The molecule has 0 bridgehead atoms. The van der Waals surface area contributed by atoms with Crippen LogP contribution in [-0.4, -0.2) is 5.78 Å². The van der Waals surface area contributed by atoms with E-state index in [1.54, 1.807) is 18.3 Å². The molecule has 2 heteroatoms. The number of thiophene rings is 1. The molecule has 0 fully saturated rings. The molecule has 1 rings (SSSR count). The summed E-state index contributed by atoms with van der Waals surface area (Å²) in [4.78, 5) is 9.81. The Labute approximate surface area is 65.7 Å². The summed E-state index contributed by atoms with van der Waals surface area (Å²) in [5, 5.41) is 4.08. The highest BCUT2D eigenvalue weighted by Gasteiger charge is 1.76. The maximum atomic E-state index is 9.81. The van der Waals surface area contributed by atoms with Crippen LogP contribution in [0.15, 0.2) is 22.9 Å². The van der Waals surface area contributed by atoms with Crippen molar-refractivity contribution in [3.05, 3.63) is 22.9 Å². The number of carbonyl (C=O) groups is 1. The predicted octanol–water partition coefficient (Wildman–Crippen LogP) is 2.73. The van der Waals surface area contributed by atoms with Gasteiger partial charge in [-0.05, 0) is 17.7 Å². The van der Waals surface area contributed by atoms with E-state index < -0.39 is 0 Å². The van der Waals surface area contributed by atoms with Gasteiger partial charge in [-0.25, -0.2) is 0 Å². The maximum absolute atomic E-state index is 9.81. The van der Waals surface area contributed by atoms with Crippen molar-refractivity contribution in [2.45, 2.75) is 20.3 Å². The van der Waals surface area contributed by atoms with Crippen LogP contribution < -0.4 is 0 Å². The third-order valence-corrected chi connectivity index (χ3v) is 1.55. The third-order valence-electron chi connectivity index (χ3n) is 0.923. The minimum atomic E-state index is 0.255. The number of hydrogen-bond acceptors (Lipinski definition) is 2. The van der Waals surface area contributed by atoms with Crippen LogP contribution in [0.5, 0.6) is 0 Å². The second-order valence-corrected chi connectivity index (χ2v) is 2.67. The first-order valence-electron chi connectivity index (χ1n) is 3.24. The van der Waals surface area contributed by atoms with Crippen LogP contribution in [0.2, 0.25) is 0 Å². The highest BCUT2D eigenvalue weighted by Crippen LogP contribution is 1.91. The number of hydrogen-bond donors (Lipinski definition) is 0. The van der Waals surface area contributed by atoms with Crippen molar-refractivity contribution in [2.24, 2.45) is 0 Å². The molecule has 0 amide bonds. The Bertz CT molecular complexity index is 139. The van der Waals surface area contributed by atoms with Gasteiger partial charge in [0.25, 0.3) is 0 Å². The number of carbonyl (C=O) groups excluding carboxylic acids is 1. The van der Waals surface area contributed by atoms with Crippen LogP contribution >= 0.6 is 11.3 Å². The Morgan fingerprint density at radius 2 is 1.80 bits per heavy atom. The van der Waals surface area contributed by atoms with Gasteiger partial charge in [0, 0.05) is 6.42 Å². The van der Waals surface area contributed by atoms with Gasteiger partial charge < -0.3 is 4.79 Å². The Kier molecular flexibility index (Phi) is 6.08. The lowest BCUT2D eigenvalue weighted by molar-refractivity contribution is -0.116. The molecule has 0 aliphatic rings. The van der Waals surface area contributed by atoms with Crippen LogP contribution in [0.4, 0.5) is 0 Å². The quantitative estimate of drug-likeness (QED) is 0.611. The minimum Gasteiger partial charge on any atom is -0.300 e. The van der Waals surface area contributed by atoms with E-state index in [1.165, 1.54) is 0 Å². The average molecular weight is 156 g/mol. The summed E-state index contributed by atoms with van der Waals surface area (Å²) in [7, 11) is 0. The molecule has 10 heavy (non-hydrogen) atoms. The molecular weight excluding hydrogens is 144 g/mol. The monoisotopic (exact) mass is 156 g/mol. The standard InChI is InChI=1S/C4H8O.C4H4S/c1-3-4(2)5;1-2-4-5-3-1/h3H2,1-2H3;1-4H. The Morgan fingerprint density at radius 3 is 1.90 bits per heavy atom. The van der Waals surface area contributed by atoms with E-state index in [2.05, 4.69) is 0 Å². The Hall–Kier alpha value is -0.630. The molecule has 0 saturated carbocycles. The SMILES string of the molecule is CCC(C)=O.c1ccsc1. The maximum Gasteiger partial charge on any atom is 0.129 e. The molecule has 0 saturated heterocycles. The molecule has 0 atom stereocenters. The summed E-state index contributed by atoms with van der Waals surface area (Å²) >= 11 is 1.71. The van der Waals surface area contributed by atoms with Crippen LogP contribution in [0.1, 0.15) is 20.3 Å². The lowest BCUT2D eigenvalue weighted by Crippen LogP contribution is -1.80. The lowest BCUT2D eigenvalue weighted by atomic mass is 10.4. The van der Waals surface area contributed by atoms with E-state index in [9.17, 15) is 4.79 Å². The molecule has 56 valence electrons. The van der Waals surface area contributed by atoms with E-state index in [1.807, 2.05) is 29.8 Å².